The summed E-state index contributed by atoms with van der Waals surface area (Å²) in [6.45, 7) is 0. The minimum atomic E-state index is 0.663. The van der Waals surface area contributed by atoms with Gasteiger partial charge in [-0.3, -0.25) is 9.55 Å². The number of hydrogen-bond acceptors (Lipinski definition) is 8. The van der Waals surface area contributed by atoms with E-state index in [4.69, 9.17) is 14.5 Å². The normalized spacial score (nSPS) is 10.9. The molecule has 0 aliphatic rings. The van der Waals surface area contributed by atoms with E-state index in [0.29, 0.717) is 5.75 Å². The number of aromatic nitrogens is 5. The van der Waals surface area contributed by atoms with E-state index in [0.717, 1.165) is 50.0 Å². The van der Waals surface area contributed by atoms with Crippen molar-refractivity contribution in [1.82, 2.24) is 24.7 Å². The third-order valence-electron chi connectivity index (χ3n) is 5.14. The van der Waals surface area contributed by atoms with Crippen LogP contribution in [0.25, 0.3) is 27.6 Å². The first-order valence-electron chi connectivity index (χ1n) is 10.5. The van der Waals surface area contributed by atoms with Gasteiger partial charge in [-0.15, -0.1) is 21.5 Å². The lowest BCUT2D eigenvalue weighted by Gasteiger charge is -2.11. The van der Waals surface area contributed by atoms with Crippen LogP contribution in [0, 0.1) is 0 Å². The van der Waals surface area contributed by atoms with Crippen LogP contribution in [-0.4, -0.2) is 39.0 Å². The SMILES string of the molecule is COc1ccc(-n2c(SCc3csc(-c4ccccc4OC)n3)nnc2-c2ccncc2)cc1. The number of ether oxygens (including phenoxy) is 2. The van der Waals surface area contributed by atoms with Crippen molar-refractivity contribution in [2.45, 2.75) is 10.9 Å². The van der Waals surface area contributed by atoms with Gasteiger partial charge >= 0.3 is 0 Å². The molecule has 7 nitrogen and oxygen atoms in total. The molecular weight excluding hydrogens is 466 g/mol. The lowest BCUT2D eigenvalue weighted by atomic mass is 10.2. The molecule has 9 heteroatoms. The monoisotopic (exact) mass is 487 g/mol. The lowest BCUT2D eigenvalue weighted by molar-refractivity contribution is 0.414. The number of benzene rings is 2. The molecule has 0 N–H and O–H groups in total. The van der Waals surface area contributed by atoms with Crippen LogP contribution >= 0.6 is 23.1 Å². The van der Waals surface area contributed by atoms with Crippen molar-refractivity contribution in [2.24, 2.45) is 0 Å². The number of methoxy groups -OCH3 is 2. The van der Waals surface area contributed by atoms with Gasteiger partial charge in [0, 0.05) is 34.8 Å². The molecule has 0 saturated heterocycles. The van der Waals surface area contributed by atoms with Crippen LogP contribution in [-0.2, 0) is 5.75 Å². The van der Waals surface area contributed by atoms with E-state index in [2.05, 4.69) is 20.6 Å². The number of thiazole rings is 1. The van der Waals surface area contributed by atoms with Gasteiger partial charge in [0.2, 0.25) is 0 Å². The molecule has 0 aliphatic heterocycles. The van der Waals surface area contributed by atoms with Crippen LogP contribution in [0.5, 0.6) is 11.5 Å². The summed E-state index contributed by atoms with van der Waals surface area (Å²) in [6.07, 6.45) is 3.51. The maximum absolute atomic E-state index is 5.49. The van der Waals surface area contributed by atoms with Gasteiger partial charge in [-0.2, -0.15) is 0 Å². The van der Waals surface area contributed by atoms with Crippen molar-refractivity contribution in [3.8, 4) is 39.1 Å². The van der Waals surface area contributed by atoms with E-state index in [-0.39, 0.29) is 0 Å². The molecule has 0 spiro atoms. The van der Waals surface area contributed by atoms with Crippen LogP contribution in [0.15, 0.2) is 83.6 Å². The number of hydrogen-bond donors (Lipinski definition) is 0. The second-order valence-electron chi connectivity index (χ2n) is 7.21. The molecule has 170 valence electrons. The molecule has 0 bridgehead atoms. The first-order valence-corrected chi connectivity index (χ1v) is 12.3. The summed E-state index contributed by atoms with van der Waals surface area (Å²) < 4.78 is 12.9. The fourth-order valence-corrected chi connectivity index (χ4v) is 5.27. The fraction of sp³-hybridized carbons (Fsp3) is 0.120. The Morgan fingerprint density at radius 1 is 0.912 bits per heavy atom. The second-order valence-corrected chi connectivity index (χ2v) is 9.01. The first kappa shape index (κ1) is 22.1. The molecular formula is C25H21N5O2S2. The second kappa shape index (κ2) is 10.1. The van der Waals surface area contributed by atoms with Crippen molar-refractivity contribution in [3.05, 3.63) is 84.1 Å². The molecule has 0 saturated carbocycles. The molecule has 0 radical (unpaired) electrons. The highest BCUT2D eigenvalue weighted by Gasteiger charge is 2.17. The molecule has 2 aromatic carbocycles. The van der Waals surface area contributed by atoms with E-state index in [9.17, 15) is 0 Å². The minimum absolute atomic E-state index is 0.663. The molecule has 0 fully saturated rings. The van der Waals surface area contributed by atoms with Crippen molar-refractivity contribution >= 4 is 23.1 Å². The van der Waals surface area contributed by atoms with Crippen LogP contribution in [0.1, 0.15) is 5.69 Å². The average Bonchev–Trinajstić information content (AvgIpc) is 3.55. The smallest absolute Gasteiger partial charge is 0.196 e. The Morgan fingerprint density at radius 3 is 2.47 bits per heavy atom. The fourth-order valence-electron chi connectivity index (χ4n) is 3.47. The van der Waals surface area contributed by atoms with Crippen LogP contribution in [0.2, 0.25) is 0 Å². The highest BCUT2D eigenvalue weighted by atomic mass is 32.2. The van der Waals surface area contributed by atoms with E-state index >= 15 is 0 Å². The summed E-state index contributed by atoms with van der Waals surface area (Å²) in [5, 5.41) is 12.8. The summed E-state index contributed by atoms with van der Waals surface area (Å²) in [5.41, 5.74) is 3.86. The van der Waals surface area contributed by atoms with Gasteiger partial charge in [0.15, 0.2) is 11.0 Å². The first-order chi connectivity index (χ1) is 16.8. The Kier molecular flexibility index (Phi) is 6.55. The summed E-state index contributed by atoms with van der Waals surface area (Å²) in [7, 11) is 3.33. The molecule has 0 aliphatic carbocycles. The Bertz CT molecular complexity index is 1380. The summed E-state index contributed by atoms with van der Waals surface area (Å²) in [6, 6.07) is 19.6. The van der Waals surface area contributed by atoms with Gasteiger partial charge in [-0.05, 0) is 48.5 Å². The predicted molar refractivity (Wildman–Crippen MR) is 135 cm³/mol. The Balaban J connectivity index is 1.44. The van der Waals surface area contributed by atoms with E-state index in [1.54, 1.807) is 49.7 Å². The average molecular weight is 488 g/mol. The Hall–Kier alpha value is -3.69. The quantitative estimate of drug-likeness (QED) is 0.258. The summed E-state index contributed by atoms with van der Waals surface area (Å²) in [5.74, 6) is 3.03. The standard InChI is InChI=1S/C25H21N5O2S2/c1-31-20-9-7-19(8-10-20)30-23(17-11-13-26-14-12-17)28-29-25(30)34-16-18-15-33-24(27-18)21-5-3-4-6-22(21)32-2/h3-15H,16H2,1-2H3. The van der Waals surface area contributed by atoms with Crippen LogP contribution < -0.4 is 9.47 Å². The number of nitrogens with zero attached hydrogens (tertiary/aromatic N) is 5. The zero-order valence-electron chi connectivity index (χ0n) is 18.6. The number of pyridine rings is 1. The Morgan fingerprint density at radius 2 is 1.71 bits per heavy atom. The number of para-hydroxylation sites is 1. The van der Waals surface area contributed by atoms with Gasteiger partial charge in [0.05, 0.1) is 25.5 Å². The molecule has 5 rings (SSSR count). The van der Waals surface area contributed by atoms with Crippen molar-refractivity contribution < 1.29 is 9.47 Å². The molecule has 3 heterocycles. The van der Waals surface area contributed by atoms with Crippen molar-refractivity contribution in [2.75, 3.05) is 14.2 Å². The molecule has 0 amide bonds. The minimum Gasteiger partial charge on any atom is -0.497 e. The third-order valence-corrected chi connectivity index (χ3v) is 7.03. The van der Waals surface area contributed by atoms with Gasteiger partial charge in [0.25, 0.3) is 0 Å². The largest absolute Gasteiger partial charge is 0.497 e. The molecule has 3 aromatic heterocycles. The maximum Gasteiger partial charge on any atom is 0.196 e. The molecule has 34 heavy (non-hydrogen) atoms. The van der Waals surface area contributed by atoms with Gasteiger partial charge in [0.1, 0.15) is 16.5 Å². The van der Waals surface area contributed by atoms with Crippen molar-refractivity contribution in [1.29, 1.82) is 0 Å². The zero-order chi connectivity index (χ0) is 23.3. The van der Waals surface area contributed by atoms with Crippen molar-refractivity contribution in [3.63, 3.8) is 0 Å². The van der Waals surface area contributed by atoms with E-state index in [1.165, 1.54) is 0 Å². The highest BCUT2D eigenvalue weighted by Crippen LogP contribution is 2.34. The number of thioether (sulfide) groups is 1. The Labute approximate surface area is 205 Å². The summed E-state index contributed by atoms with van der Waals surface area (Å²) >= 11 is 3.20. The summed E-state index contributed by atoms with van der Waals surface area (Å²) in [4.78, 5) is 8.95. The molecule has 0 atom stereocenters. The predicted octanol–water partition coefficient (Wildman–Crippen LogP) is 5.76. The highest BCUT2D eigenvalue weighted by molar-refractivity contribution is 7.98. The zero-order valence-corrected chi connectivity index (χ0v) is 20.2. The van der Waals surface area contributed by atoms with Crippen LogP contribution in [0.3, 0.4) is 0 Å². The molecule has 5 aromatic rings. The topological polar surface area (TPSA) is 75.0 Å². The molecule has 0 unspecified atom stereocenters. The van der Waals surface area contributed by atoms with E-state index < -0.39 is 0 Å². The third kappa shape index (κ3) is 4.52. The van der Waals surface area contributed by atoms with Crippen LogP contribution in [0.4, 0.5) is 0 Å². The van der Waals surface area contributed by atoms with Gasteiger partial charge in [-0.1, -0.05) is 23.9 Å². The van der Waals surface area contributed by atoms with Gasteiger partial charge < -0.3 is 9.47 Å². The lowest BCUT2D eigenvalue weighted by Crippen LogP contribution is -2.00. The maximum atomic E-state index is 5.49. The number of rotatable bonds is 8. The van der Waals surface area contributed by atoms with E-state index in [1.807, 2.05) is 65.2 Å². The van der Waals surface area contributed by atoms with Gasteiger partial charge in [-0.25, -0.2) is 4.98 Å².